The fraction of sp³-hybridized carbons (Fsp3) is 0.357. The minimum atomic E-state index is -0.274. The molecule has 1 aromatic heterocycles. The molecule has 2 N–H and O–H groups in total. The average molecular weight is 472 g/mol. The number of nitrogens with one attached hydrogen (secondary N) is 2. The molecule has 0 unspecified atom stereocenters. The van der Waals surface area contributed by atoms with Gasteiger partial charge in [0.2, 0.25) is 5.91 Å². The van der Waals surface area contributed by atoms with E-state index in [1.54, 1.807) is 12.3 Å². The van der Waals surface area contributed by atoms with Crippen molar-refractivity contribution in [2.45, 2.75) is 38.6 Å². The number of amides is 2. The van der Waals surface area contributed by atoms with Gasteiger partial charge in [-0.2, -0.15) is 0 Å². The molecule has 1 aliphatic carbocycles. The molecule has 1 fully saturated rings. The third-order valence-electron chi connectivity index (χ3n) is 6.76. The summed E-state index contributed by atoms with van der Waals surface area (Å²) < 4.78 is 0. The van der Waals surface area contributed by atoms with E-state index in [9.17, 15) is 9.59 Å². The molecule has 2 amide bonds. The van der Waals surface area contributed by atoms with Crippen LogP contribution in [0.1, 0.15) is 43.1 Å². The van der Waals surface area contributed by atoms with Gasteiger partial charge in [-0.25, -0.2) is 9.97 Å². The SMILES string of the molecule is C=CC(=O)Nc1cccc2ccc(-c3nccc(C(=O)NC4CCC(CN(C)CC)CC4)n3)cc12. The molecule has 0 spiro atoms. The molecule has 182 valence electrons. The predicted octanol–water partition coefficient (Wildman–Crippen LogP) is 4.66. The lowest BCUT2D eigenvalue weighted by atomic mass is 9.85. The fourth-order valence-electron chi connectivity index (χ4n) is 4.65. The van der Waals surface area contributed by atoms with Gasteiger partial charge < -0.3 is 15.5 Å². The zero-order chi connectivity index (χ0) is 24.8. The topological polar surface area (TPSA) is 87.2 Å². The van der Waals surface area contributed by atoms with Crippen molar-refractivity contribution in [3.8, 4) is 11.4 Å². The van der Waals surface area contributed by atoms with Crippen molar-refractivity contribution < 1.29 is 9.59 Å². The van der Waals surface area contributed by atoms with E-state index in [2.05, 4.69) is 46.1 Å². The molecule has 1 heterocycles. The first kappa shape index (κ1) is 24.5. The molecule has 7 nitrogen and oxygen atoms in total. The third-order valence-corrected chi connectivity index (χ3v) is 6.76. The van der Waals surface area contributed by atoms with Gasteiger partial charge in [-0.3, -0.25) is 9.59 Å². The second-order valence-electron chi connectivity index (χ2n) is 9.25. The maximum atomic E-state index is 13.0. The van der Waals surface area contributed by atoms with Gasteiger partial charge >= 0.3 is 0 Å². The molecule has 3 aromatic rings. The van der Waals surface area contributed by atoms with Crippen LogP contribution in [-0.4, -0.2) is 52.9 Å². The van der Waals surface area contributed by atoms with E-state index in [0.717, 1.165) is 55.1 Å². The highest BCUT2D eigenvalue weighted by Crippen LogP contribution is 2.28. The summed E-state index contributed by atoms with van der Waals surface area (Å²) in [6.07, 6.45) is 7.11. The standard InChI is InChI=1S/C28H33N5O2/c1-4-26(34)31-24-8-6-7-20-11-12-21(17-23(20)24)27-29-16-15-25(32-27)28(35)30-22-13-9-19(10-14-22)18-33(3)5-2/h4,6-8,11-12,15-17,19,22H,1,5,9-10,13-14,18H2,2-3H3,(H,30,35)(H,31,34). The Morgan fingerprint density at radius 3 is 2.69 bits per heavy atom. The van der Waals surface area contributed by atoms with Crippen LogP contribution >= 0.6 is 0 Å². The van der Waals surface area contributed by atoms with Crippen LogP contribution in [-0.2, 0) is 4.79 Å². The summed E-state index contributed by atoms with van der Waals surface area (Å²) in [7, 11) is 2.16. The number of nitrogens with zero attached hydrogens (tertiary/aromatic N) is 3. The quantitative estimate of drug-likeness (QED) is 0.467. The van der Waals surface area contributed by atoms with Crippen molar-refractivity contribution in [3.05, 3.63) is 67.0 Å². The van der Waals surface area contributed by atoms with Gasteiger partial charge in [0.1, 0.15) is 5.69 Å². The van der Waals surface area contributed by atoms with E-state index in [1.807, 2.05) is 36.4 Å². The van der Waals surface area contributed by atoms with Crippen LogP contribution in [0.3, 0.4) is 0 Å². The zero-order valence-corrected chi connectivity index (χ0v) is 20.5. The van der Waals surface area contributed by atoms with Crippen molar-refractivity contribution in [3.63, 3.8) is 0 Å². The van der Waals surface area contributed by atoms with Crippen molar-refractivity contribution in [2.24, 2.45) is 5.92 Å². The average Bonchev–Trinajstić information content (AvgIpc) is 2.89. The van der Waals surface area contributed by atoms with Gasteiger partial charge in [0, 0.05) is 35.4 Å². The van der Waals surface area contributed by atoms with Crippen LogP contribution in [0.4, 0.5) is 5.69 Å². The number of carbonyl (C=O) groups is 2. The molecule has 1 saturated carbocycles. The van der Waals surface area contributed by atoms with Crippen molar-refractivity contribution in [1.82, 2.24) is 20.2 Å². The molecule has 1 aliphatic rings. The molecule has 7 heteroatoms. The zero-order valence-electron chi connectivity index (χ0n) is 20.5. The fourth-order valence-corrected chi connectivity index (χ4v) is 4.65. The van der Waals surface area contributed by atoms with Gasteiger partial charge in [-0.15, -0.1) is 0 Å². The summed E-state index contributed by atoms with van der Waals surface area (Å²) >= 11 is 0. The summed E-state index contributed by atoms with van der Waals surface area (Å²) in [5, 5.41) is 7.85. The highest BCUT2D eigenvalue weighted by Gasteiger charge is 2.24. The highest BCUT2D eigenvalue weighted by molar-refractivity contribution is 6.06. The Morgan fingerprint density at radius 1 is 1.14 bits per heavy atom. The lowest BCUT2D eigenvalue weighted by Crippen LogP contribution is -2.39. The van der Waals surface area contributed by atoms with Crippen LogP contribution in [0.25, 0.3) is 22.2 Å². The minimum Gasteiger partial charge on any atom is -0.348 e. The second kappa shape index (κ2) is 11.2. The van der Waals surface area contributed by atoms with Crippen LogP contribution < -0.4 is 10.6 Å². The minimum absolute atomic E-state index is 0.164. The molecule has 0 saturated heterocycles. The number of benzene rings is 2. The van der Waals surface area contributed by atoms with Crippen molar-refractivity contribution in [1.29, 1.82) is 0 Å². The van der Waals surface area contributed by atoms with Gasteiger partial charge in [0.05, 0.1) is 0 Å². The summed E-state index contributed by atoms with van der Waals surface area (Å²) in [4.78, 5) is 36.1. The molecular formula is C28H33N5O2. The number of hydrogen-bond donors (Lipinski definition) is 2. The Kier molecular flexibility index (Phi) is 7.87. The molecular weight excluding hydrogens is 438 g/mol. The van der Waals surface area contributed by atoms with Crippen LogP contribution in [0, 0.1) is 5.92 Å². The van der Waals surface area contributed by atoms with E-state index < -0.39 is 0 Å². The second-order valence-corrected chi connectivity index (χ2v) is 9.25. The molecule has 0 bridgehead atoms. The van der Waals surface area contributed by atoms with Crippen molar-refractivity contribution in [2.75, 3.05) is 25.5 Å². The Hall–Kier alpha value is -3.58. The van der Waals surface area contributed by atoms with Gasteiger partial charge in [0.15, 0.2) is 5.82 Å². The number of anilines is 1. The Labute approximate surface area is 206 Å². The van der Waals surface area contributed by atoms with Crippen LogP contribution in [0.2, 0.25) is 0 Å². The number of fused-ring (bicyclic) bond motifs is 1. The van der Waals surface area contributed by atoms with Gasteiger partial charge in [0.25, 0.3) is 5.91 Å². The third kappa shape index (κ3) is 6.11. The smallest absolute Gasteiger partial charge is 0.270 e. The maximum absolute atomic E-state index is 13.0. The van der Waals surface area contributed by atoms with Crippen molar-refractivity contribution >= 4 is 28.3 Å². The van der Waals surface area contributed by atoms with E-state index in [1.165, 1.54) is 6.08 Å². The molecule has 4 rings (SSSR count). The lowest BCUT2D eigenvalue weighted by Gasteiger charge is -2.31. The first-order chi connectivity index (χ1) is 17.0. The Morgan fingerprint density at radius 2 is 1.94 bits per heavy atom. The summed E-state index contributed by atoms with van der Waals surface area (Å²) in [6, 6.07) is 13.3. The Balaban J connectivity index is 1.47. The number of carbonyl (C=O) groups excluding carboxylic acids is 2. The maximum Gasteiger partial charge on any atom is 0.270 e. The molecule has 2 aromatic carbocycles. The van der Waals surface area contributed by atoms with E-state index in [4.69, 9.17) is 0 Å². The predicted molar refractivity (Wildman–Crippen MR) is 140 cm³/mol. The monoisotopic (exact) mass is 471 g/mol. The normalized spacial score (nSPS) is 17.8. The van der Waals surface area contributed by atoms with Crippen LogP contribution in [0.5, 0.6) is 0 Å². The van der Waals surface area contributed by atoms with Gasteiger partial charge in [-0.05, 0) is 74.9 Å². The number of rotatable bonds is 8. The number of hydrogen-bond acceptors (Lipinski definition) is 5. The summed E-state index contributed by atoms with van der Waals surface area (Å²) in [6.45, 7) is 7.88. The highest BCUT2D eigenvalue weighted by atomic mass is 16.2. The molecule has 35 heavy (non-hydrogen) atoms. The summed E-state index contributed by atoms with van der Waals surface area (Å²) in [5.41, 5.74) is 1.81. The largest absolute Gasteiger partial charge is 0.348 e. The van der Waals surface area contributed by atoms with E-state index in [0.29, 0.717) is 23.1 Å². The summed E-state index contributed by atoms with van der Waals surface area (Å²) in [5.74, 6) is 0.732. The van der Waals surface area contributed by atoms with Crippen LogP contribution in [0.15, 0.2) is 61.3 Å². The first-order valence-corrected chi connectivity index (χ1v) is 12.3. The Bertz CT molecular complexity index is 1220. The first-order valence-electron chi connectivity index (χ1n) is 12.3. The lowest BCUT2D eigenvalue weighted by molar-refractivity contribution is -0.111. The molecule has 0 radical (unpaired) electrons. The molecule has 0 aliphatic heterocycles. The van der Waals surface area contributed by atoms with Gasteiger partial charge in [-0.1, -0.05) is 37.8 Å². The van der Waals surface area contributed by atoms with E-state index in [-0.39, 0.29) is 17.9 Å². The van der Waals surface area contributed by atoms with E-state index >= 15 is 0 Å². The molecule has 0 atom stereocenters. The number of aromatic nitrogens is 2.